The van der Waals surface area contributed by atoms with Gasteiger partial charge in [-0.3, -0.25) is 0 Å². The summed E-state index contributed by atoms with van der Waals surface area (Å²) in [6, 6.07) is 0. The zero-order chi connectivity index (χ0) is 5.70. The molecule has 0 aromatic carbocycles. The zero-order valence-corrected chi connectivity index (χ0v) is 4.68. The minimum Gasteiger partial charge on any atom is -0.246 e. The van der Waals surface area contributed by atoms with E-state index in [0.717, 1.165) is 0 Å². The van der Waals surface area contributed by atoms with Crippen LogP contribution in [-0.4, -0.2) is 6.21 Å². The molecular weight excluding hydrogens is 90.1 g/mol. The first-order valence-electron chi connectivity index (χ1n) is 2.26. The second-order valence-electron chi connectivity index (χ2n) is 1.65. The summed E-state index contributed by atoms with van der Waals surface area (Å²) in [5, 5.41) is 3.57. The number of hydrazone groups is 1. The second kappa shape index (κ2) is 3.61. The summed E-state index contributed by atoms with van der Waals surface area (Å²) >= 11 is 0. The first-order valence-corrected chi connectivity index (χ1v) is 2.26. The van der Waals surface area contributed by atoms with Gasteiger partial charge in [0.25, 0.3) is 0 Å². The molecule has 0 unspecified atom stereocenters. The highest BCUT2D eigenvalue weighted by Crippen LogP contribution is 1.81. The molecule has 0 atom stereocenters. The van der Waals surface area contributed by atoms with Gasteiger partial charge >= 0.3 is 0 Å². The summed E-state index contributed by atoms with van der Waals surface area (Å²) in [4.78, 5) is 0. The van der Waals surface area contributed by atoms with Crippen LogP contribution in [0.25, 0.3) is 0 Å². The van der Waals surface area contributed by atoms with Gasteiger partial charge in [-0.1, -0.05) is 13.8 Å². The lowest BCUT2D eigenvalue weighted by atomic mass is 10.3. The summed E-state index contributed by atoms with van der Waals surface area (Å²) in [5.41, 5.74) is 2.17. The van der Waals surface area contributed by atoms with E-state index in [2.05, 4.69) is 10.6 Å². The van der Waals surface area contributed by atoms with Crippen molar-refractivity contribution in [2.24, 2.45) is 16.9 Å². The lowest BCUT2D eigenvalue weighted by Gasteiger charge is -1.89. The zero-order valence-electron chi connectivity index (χ0n) is 4.68. The van der Waals surface area contributed by atoms with Crippen molar-refractivity contribution in [2.45, 2.75) is 13.8 Å². The lowest BCUT2D eigenvalue weighted by Crippen LogP contribution is -2.14. The number of nitrogens with two attached hydrogens (primary N) is 1. The average molecular weight is 101 g/mol. The molecule has 3 nitrogen and oxygen atoms in total. The van der Waals surface area contributed by atoms with Gasteiger partial charge in [-0.25, -0.2) is 11.4 Å². The molecule has 0 saturated heterocycles. The highest BCUT2D eigenvalue weighted by Gasteiger charge is 1.80. The summed E-state index contributed by atoms with van der Waals surface area (Å²) < 4.78 is 0. The number of rotatable bonds is 2. The van der Waals surface area contributed by atoms with Crippen molar-refractivity contribution in [2.75, 3.05) is 0 Å². The number of nitrogens with one attached hydrogen (secondary N) is 1. The Bertz CT molecular complexity index is 58.0. The van der Waals surface area contributed by atoms with Crippen LogP contribution in [0.5, 0.6) is 0 Å². The van der Waals surface area contributed by atoms with E-state index in [4.69, 9.17) is 5.84 Å². The van der Waals surface area contributed by atoms with Gasteiger partial charge in [-0.15, -0.1) is 0 Å². The van der Waals surface area contributed by atoms with Crippen LogP contribution in [0.3, 0.4) is 0 Å². The molecule has 0 saturated carbocycles. The maximum absolute atomic E-state index is 4.83. The second-order valence-corrected chi connectivity index (χ2v) is 1.65. The molecule has 0 rings (SSSR count). The van der Waals surface area contributed by atoms with Crippen molar-refractivity contribution in [3.05, 3.63) is 0 Å². The standard InChI is InChI=1S/C4H11N3/c1-4(2)3-6-7-5/h3-4,7H,5H2,1-2H3/b6-3+. The van der Waals surface area contributed by atoms with Gasteiger partial charge in [-0.2, -0.15) is 5.10 Å². The van der Waals surface area contributed by atoms with E-state index in [1.807, 2.05) is 13.8 Å². The molecule has 0 aliphatic rings. The van der Waals surface area contributed by atoms with Crippen molar-refractivity contribution in [1.29, 1.82) is 0 Å². The van der Waals surface area contributed by atoms with Crippen LogP contribution in [0, 0.1) is 5.92 Å². The maximum atomic E-state index is 4.83. The number of hydrogen-bond donors (Lipinski definition) is 2. The highest BCUT2D eigenvalue weighted by atomic mass is 15.5. The minimum absolute atomic E-state index is 0.469. The number of hydrazine groups is 1. The van der Waals surface area contributed by atoms with Crippen LogP contribution in [0.15, 0.2) is 5.10 Å². The molecule has 3 N–H and O–H groups in total. The van der Waals surface area contributed by atoms with Gasteiger partial charge < -0.3 is 0 Å². The third kappa shape index (κ3) is 5.43. The Morgan fingerprint density at radius 3 is 2.43 bits per heavy atom. The summed E-state index contributed by atoms with van der Waals surface area (Å²) in [7, 11) is 0. The third-order valence-corrected chi connectivity index (χ3v) is 0.447. The molecule has 0 aliphatic heterocycles. The molecule has 0 bridgehead atoms. The van der Waals surface area contributed by atoms with Crippen molar-refractivity contribution >= 4 is 6.21 Å². The van der Waals surface area contributed by atoms with Gasteiger partial charge in [0.15, 0.2) is 0 Å². The average Bonchev–Trinajstić information content (AvgIpc) is 1.61. The van der Waals surface area contributed by atoms with Crippen LogP contribution >= 0.6 is 0 Å². The SMILES string of the molecule is CC(C)/C=N/NN. The number of hydrogen-bond acceptors (Lipinski definition) is 3. The Morgan fingerprint density at radius 1 is 1.71 bits per heavy atom. The van der Waals surface area contributed by atoms with Gasteiger partial charge in [0.2, 0.25) is 0 Å². The fourth-order valence-electron chi connectivity index (χ4n) is 0.192. The van der Waals surface area contributed by atoms with E-state index in [-0.39, 0.29) is 0 Å². The van der Waals surface area contributed by atoms with E-state index in [1.54, 1.807) is 6.21 Å². The minimum atomic E-state index is 0.469. The molecule has 0 aromatic heterocycles. The Morgan fingerprint density at radius 2 is 2.29 bits per heavy atom. The molecule has 0 fully saturated rings. The predicted molar refractivity (Wildman–Crippen MR) is 30.7 cm³/mol. The lowest BCUT2D eigenvalue weighted by molar-refractivity contribution is 0.787. The maximum Gasteiger partial charge on any atom is 0.0283 e. The first-order chi connectivity index (χ1) is 3.27. The van der Waals surface area contributed by atoms with Crippen LogP contribution in [0.4, 0.5) is 0 Å². The van der Waals surface area contributed by atoms with E-state index in [9.17, 15) is 0 Å². The summed E-state index contributed by atoms with van der Waals surface area (Å²) in [5.74, 6) is 5.30. The molecule has 0 amide bonds. The molecule has 7 heavy (non-hydrogen) atoms. The van der Waals surface area contributed by atoms with Crippen molar-refractivity contribution < 1.29 is 0 Å². The van der Waals surface area contributed by atoms with Gasteiger partial charge in [0.05, 0.1) is 0 Å². The van der Waals surface area contributed by atoms with E-state index in [1.165, 1.54) is 0 Å². The van der Waals surface area contributed by atoms with Crippen molar-refractivity contribution in [3.8, 4) is 0 Å². The molecular formula is C4H11N3. The topological polar surface area (TPSA) is 50.4 Å². The Hall–Kier alpha value is -0.570. The Balaban J connectivity index is 3.08. The molecule has 0 heterocycles. The van der Waals surface area contributed by atoms with E-state index in [0.29, 0.717) is 5.92 Å². The fraction of sp³-hybridized carbons (Fsp3) is 0.750. The van der Waals surface area contributed by atoms with Crippen molar-refractivity contribution in [3.63, 3.8) is 0 Å². The Kier molecular flexibility index (Phi) is 3.32. The first kappa shape index (κ1) is 6.43. The van der Waals surface area contributed by atoms with Gasteiger partial charge in [-0.05, 0) is 5.92 Å². The molecule has 42 valence electrons. The number of nitrogens with zero attached hydrogens (tertiary/aromatic N) is 1. The normalized spacial score (nSPS) is 10.9. The van der Waals surface area contributed by atoms with E-state index >= 15 is 0 Å². The third-order valence-electron chi connectivity index (χ3n) is 0.447. The Labute approximate surface area is 43.6 Å². The summed E-state index contributed by atoms with van der Waals surface area (Å²) in [6.45, 7) is 4.06. The molecule has 3 heteroatoms. The molecule has 0 aromatic rings. The molecule has 0 aliphatic carbocycles. The van der Waals surface area contributed by atoms with Gasteiger partial charge in [0, 0.05) is 6.21 Å². The quantitative estimate of drug-likeness (QED) is 0.294. The smallest absolute Gasteiger partial charge is 0.0283 e. The predicted octanol–water partition coefficient (Wildman–Crippen LogP) is 0.0915. The van der Waals surface area contributed by atoms with Crippen LogP contribution in [-0.2, 0) is 0 Å². The highest BCUT2D eigenvalue weighted by molar-refractivity contribution is 5.58. The molecule has 0 spiro atoms. The van der Waals surface area contributed by atoms with E-state index < -0.39 is 0 Å². The monoisotopic (exact) mass is 101 g/mol. The van der Waals surface area contributed by atoms with Crippen LogP contribution in [0.1, 0.15) is 13.8 Å². The van der Waals surface area contributed by atoms with Gasteiger partial charge in [0.1, 0.15) is 0 Å². The largest absolute Gasteiger partial charge is 0.246 e. The van der Waals surface area contributed by atoms with Crippen LogP contribution in [0.2, 0.25) is 0 Å². The van der Waals surface area contributed by atoms with Crippen LogP contribution < -0.4 is 11.4 Å². The fourth-order valence-corrected chi connectivity index (χ4v) is 0.192. The molecule has 0 radical (unpaired) electrons. The summed E-state index contributed by atoms with van der Waals surface area (Å²) in [6.07, 6.45) is 1.74. The van der Waals surface area contributed by atoms with Crippen molar-refractivity contribution in [1.82, 2.24) is 5.53 Å².